The SMILES string of the molecule is COc1ccc(F)cc1C(NN)c1cccc(Cl)c1Cl. The van der Waals surface area contributed by atoms with E-state index in [2.05, 4.69) is 5.43 Å². The normalized spacial score (nSPS) is 12.2. The highest BCUT2D eigenvalue weighted by Gasteiger charge is 2.21. The Morgan fingerprint density at radius 1 is 1.20 bits per heavy atom. The molecule has 0 aromatic heterocycles. The maximum absolute atomic E-state index is 13.5. The van der Waals surface area contributed by atoms with Gasteiger partial charge in [0.1, 0.15) is 11.6 Å². The highest BCUT2D eigenvalue weighted by Crippen LogP contribution is 2.36. The van der Waals surface area contributed by atoms with E-state index in [9.17, 15) is 4.39 Å². The number of hydrazine groups is 1. The number of rotatable bonds is 4. The Balaban J connectivity index is 2.58. The van der Waals surface area contributed by atoms with E-state index < -0.39 is 6.04 Å². The van der Waals surface area contributed by atoms with Gasteiger partial charge in [0.2, 0.25) is 0 Å². The Hall–Kier alpha value is -1.33. The first-order valence-corrected chi connectivity index (χ1v) is 6.57. The van der Waals surface area contributed by atoms with Crippen LogP contribution in [0.3, 0.4) is 0 Å². The Morgan fingerprint density at radius 3 is 2.60 bits per heavy atom. The molecule has 3 N–H and O–H groups in total. The number of hydrogen-bond donors (Lipinski definition) is 2. The highest BCUT2D eigenvalue weighted by molar-refractivity contribution is 6.42. The molecule has 0 bridgehead atoms. The lowest BCUT2D eigenvalue weighted by Gasteiger charge is -2.21. The molecule has 1 unspecified atom stereocenters. The predicted octanol–water partition coefficient (Wildman–Crippen LogP) is 3.69. The summed E-state index contributed by atoms with van der Waals surface area (Å²) in [5.41, 5.74) is 3.80. The lowest BCUT2D eigenvalue weighted by Crippen LogP contribution is -2.29. The minimum absolute atomic E-state index is 0.364. The molecule has 0 aliphatic heterocycles. The van der Waals surface area contributed by atoms with Crippen molar-refractivity contribution in [1.29, 1.82) is 0 Å². The summed E-state index contributed by atoms with van der Waals surface area (Å²) in [5.74, 6) is 5.72. The van der Waals surface area contributed by atoms with Gasteiger partial charge >= 0.3 is 0 Å². The van der Waals surface area contributed by atoms with Crippen LogP contribution in [-0.4, -0.2) is 7.11 Å². The van der Waals surface area contributed by atoms with Crippen LogP contribution in [0.5, 0.6) is 5.75 Å². The lowest BCUT2D eigenvalue weighted by atomic mass is 9.98. The van der Waals surface area contributed by atoms with Gasteiger partial charge in [0, 0.05) is 5.56 Å². The minimum atomic E-state index is -0.535. The highest BCUT2D eigenvalue weighted by atomic mass is 35.5. The number of nitrogens with two attached hydrogens (primary N) is 1. The van der Waals surface area contributed by atoms with Crippen molar-refractivity contribution < 1.29 is 9.13 Å². The molecule has 1 atom stereocenters. The third-order valence-corrected chi connectivity index (χ3v) is 3.80. The summed E-state index contributed by atoms with van der Waals surface area (Å²) >= 11 is 12.2. The van der Waals surface area contributed by atoms with Crippen LogP contribution in [0.25, 0.3) is 0 Å². The molecule has 0 saturated carbocycles. The molecule has 3 nitrogen and oxygen atoms in total. The van der Waals surface area contributed by atoms with E-state index in [1.165, 1.54) is 25.3 Å². The van der Waals surface area contributed by atoms with Crippen molar-refractivity contribution in [1.82, 2.24) is 5.43 Å². The van der Waals surface area contributed by atoms with Crippen molar-refractivity contribution in [3.05, 3.63) is 63.4 Å². The van der Waals surface area contributed by atoms with Gasteiger partial charge in [-0.2, -0.15) is 0 Å². The van der Waals surface area contributed by atoms with Crippen LogP contribution in [0.4, 0.5) is 4.39 Å². The van der Waals surface area contributed by atoms with Gasteiger partial charge in [-0.1, -0.05) is 35.3 Å². The van der Waals surface area contributed by atoms with E-state index >= 15 is 0 Å². The van der Waals surface area contributed by atoms with Crippen LogP contribution in [0.15, 0.2) is 36.4 Å². The molecule has 0 amide bonds. The van der Waals surface area contributed by atoms with Crippen LogP contribution < -0.4 is 16.0 Å². The number of hydrogen-bond acceptors (Lipinski definition) is 3. The molecule has 0 aliphatic rings. The molecule has 0 saturated heterocycles. The summed E-state index contributed by atoms with van der Waals surface area (Å²) in [6.45, 7) is 0. The molecular weight excluding hydrogens is 302 g/mol. The Morgan fingerprint density at radius 2 is 1.95 bits per heavy atom. The maximum Gasteiger partial charge on any atom is 0.124 e. The largest absolute Gasteiger partial charge is 0.496 e. The first kappa shape index (κ1) is 15.1. The third kappa shape index (κ3) is 2.88. The van der Waals surface area contributed by atoms with Crippen molar-refractivity contribution in [3.8, 4) is 5.75 Å². The maximum atomic E-state index is 13.5. The minimum Gasteiger partial charge on any atom is -0.496 e. The molecule has 2 aromatic rings. The van der Waals surface area contributed by atoms with Crippen molar-refractivity contribution >= 4 is 23.2 Å². The molecule has 0 aliphatic carbocycles. The summed E-state index contributed by atoms with van der Waals surface area (Å²) < 4.78 is 18.7. The van der Waals surface area contributed by atoms with Crippen molar-refractivity contribution in [2.45, 2.75) is 6.04 Å². The number of halogens is 3. The van der Waals surface area contributed by atoms with Crippen LogP contribution in [0.2, 0.25) is 10.0 Å². The molecule has 0 heterocycles. The van der Waals surface area contributed by atoms with E-state index in [4.69, 9.17) is 33.8 Å². The Bertz CT molecular complexity index is 622. The summed E-state index contributed by atoms with van der Waals surface area (Å²) in [6, 6.07) is 8.85. The molecule has 0 fully saturated rings. The molecule has 106 valence electrons. The first-order chi connectivity index (χ1) is 9.58. The van der Waals surface area contributed by atoms with Crippen molar-refractivity contribution in [3.63, 3.8) is 0 Å². The zero-order valence-corrected chi connectivity index (χ0v) is 12.2. The first-order valence-electron chi connectivity index (χ1n) is 5.82. The second-order valence-corrected chi connectivity index (χ2v) is 4.91. The summed E-state index contributed by atoms with van der Waals surface area (Å²) in [7, 11) is 1.50. The number of nitrogens with one attached hydrogen (secondary N) is 1. The van der Waals surface area contributed by atoms with Gasteiger partial charge in [-0.3, -0.25) is 5.84 Å². The molecular formula is C14H13Cl2FN2O. The monoisotopic (exact) mass is 314 g/mol. The Kier molecular flexibility index (Phi) is 4.83. The fourth-order valence-corrected chi connectivity index (χ4v) is 2.44. The summed E-state index contributed by atoms with van der Waals surface area (Å²) in [5, 5.41) is 0.767. The van der Waals surface area contributed by atoms with Gasteiger partial charge < -0.3 is 4.74 Å². The summed E-state index contributed by atoms with van der Waals surface area (Å²) in [6.07, 6.45) is 0. The van der Waals surface area contributed by atoms with Crippen LogP contribution in [0.1, 0.15) is 17.2 Å². The average Bonchev–Trinajstić information content (AvgIpc) is 2.44. The van der Waals surface area contributed by atoms with E-state index in [0.717, 1.165) is 0 Å². The van der Waals surface area contributed by atoms with Gasteiger partial charge in [0.25, 0.3) is 0 Å². The summed E-state index contributed by atoms with van der Waals surface area (Å²) in [4.78, 5) is 0. The molecule has 0 spiro atoms. The zero-order valence-electron chi connectivity index (χ0n) is 10.7. The van der Waals surface area contributed by atoms with E-state index in [0.29, 0.717) is 26.9 Å². The van der Waals surface area contributed by atoms with Gasteiger partial charge in [0.05, 0.1) is 23.2 Å². The van der Waals surface area contributed by atoms with Crippen LogP contribution in [-0.2, 0) is 0 Å². The van der Waals surface area contributed by atoms with Gasteiger partial charge in [-0.25, -0.2) is 9.82 Å². The van der Waals surface area contributed by atoms with Crippen molar-refractivity contribution in [2.75, 3.05) is 7.11 Å². The third-order valence-electron chi connectivity index (χ3n) is 2.96. The van der Waals surface area contributed by atoms with E-state index in [1.807, 2.05) is 0 Å². The number of benzene rings is 2. The molecule has 20 heavy (non-hydrogen) atoms. The van der Waals surface area contributed by atoms with Crippen molar-refractivity contribution in [2.24, 2.45) is 5.84 Å². The second kappa shape index (κ2) is 6.41. The quantitative estimate of drug-likeness (QED) is 0.668. The van der Waals surface area contributed by atoms with E-state index in [1.54, 1.807) is 18.2 Å². The van der Waals surface area contributed by atoms with Gasteiger partial charge in [0.15, 0.2) is 0 Å². The average molecular weight is 315 g/mol. The molecule has 2 rings (SSSR count). The van der Waals surface area contributed by atoms with Gasteiger partial charge in [-0.15, -0.1) is 0 Å². The van der Waals surface area contributed by atoms with Gasteiger partial charge in [-0.05, 0) is 29.8 Å². The fraction of sp³-hybridized carbons (Fsp3) is 0.143. The number of methoxy groups -OCH3 is 1. The predicted molar refractivity (Wildman–Crippen MR) is 78.6 cm³/mol. The molecule has 2 aromatic carbocycles. The lowest BCUT2D eigenvalue weighted by molar-refractivity contribution is 0.402. The fourth-order valence-electron chi connectivity index (χ4n) is 2.02. The van der Waals surface area contributed by atoms with Crippen LogP contribution in [0, 0.1) is 5.82 Å². The molecule has 0 radical (unpaired) electrons. The number of ether oxygens (including phenoxy) is 1. The molecule has 6 heteroatoms. The van der Waals surface area contributed by atoms with E-state index in [-0.39, 0.29) is 5.82 Å². The Labute approximate surface area is 126 Å². The smallest absolute Gasteiger partial charge is 0.124 e. The second-order valence-electron chi connectivity index (χ2n) is 4.13. The standard InChI is InChI=1S/C14H13Cl2FN2O/c1-20-12-6-5-8(17)7-10(12)14(19-18)9-3-2-4-11(15)13(9)16/h2-7,14,19H,18H2,1H3. The topological polar surface area (TPSA) is 47.3 Å². The van der Waals surface area contributed by atoms with Crippen LogP contribution >= 0.6 is 23.2 Å². The zero-order chi connectivity index (χ0) is 14.7.